The normalized spacial score (nSPS) is 22.4. The summed E-state index contributed by atoms with van der Waals surface area (Å²) in [5.41, 5.74) is 3.06. The van der Waals surface area contributed by atoms with Crippen molar-refractivity contribution in [3.8, 4) is 17.1 Å². The summed E-state index contributed by atoms with van der Waals surface area (Å²) in [6.45, 7) is 12.8. The maximum Gasteiger partial charge on any atom is 0.243 e. The molecule has 0 radical (unpaired) electrons. The molecule has 1 aromatic carbocycles. The lowest BCUT2D eigenvalue weighted by Gasteiger charge is -2.50. The molecule has 3 atom stereocenters. The number of ether oxygens (including phenoxy) is 1. The molecule has 12 heteroatoms. The maximum atomic E-state index is 13.9. The second-order valence-corrected chi connectivity index (χ2v) is 12.5. The molecule has 0 bridgehead atoms. The standard InChI is InChI=1S/C26H38N6O3S2.BrH/c1-8-11-21-23-24(30(6)29-21)26(36)28-25(27-23)20-14-19(12-13-22(20)35-10-3)37(33,34)31-15-17(4)32(7,9-2)18(5)16-31;/h12-14,17-18H,8-11,15-16H2,1-7H3;1H/t17-,18+,32?;. The predicted octanol–water partition coefficient (Wildman–Crippen LogP) is 1.30. The number of fused-ring (bicyclic) bond motifs is 1. The van der Waals surface area contributed by atoms with Crippen LogP contribution in [-0.4, -0.2) is 82.3 Å². The summed E-state index contributed by atoms with van der Waals surface area (Å²) in [7, 11) is 0.337. The molecular formula is C26H39BrN6O3S2. The van der Waals surface area contributed by atoms with Crippen LogP contribution in [0.2, 0.25) is 0 Å². The molecule has 1 aliphatic rings. The SMILES string of the molecule is CCCc1nn(C)c2c(=S)nc(-c3cc(S(=O)(=O)N4C[C@@H](C)[N+](C)(CC)[C@@H](C)C4)ccc3OCC)[nH]c12.[Br-]. The van der Waals surface area contributed by atoms with E-state index in [4.69, 9.17) is 17.0 Å². The number of benzene rings is 1. The van der Waals surface area contributed by atoms with E-state index in [-0.39, 0.29) is 34.0 Å². The van der Waals surface area contributed by atoms with Gasteiger partial charge in [0.2, 0.25) is 10.0 Å². The number of aromatic amines is 1. The lowest BCUT2D eigenvalue weighted by Crippen LogP contribution is -3.00. The highest BCUT2D eigenvalue weighted by atomic mass is 79.9. The number of aromatic nitrogens is 4. The fraction of sp³-hybridized carbons (Fsp3) is 0.577. The number of piperazine rings is 1. The van der Waals surface area contributed by atoms with Crippen molar-refractivity contribution in [2.45, 2.75) is 64.4 Å². The number of halogens is 1. The number of hydrogen-bond acceptors (Lipinski definition) is 6. The molecule has 2 aromatic heterocycles. The molecule has 1 saturated heterocycles. The zero-order valence-corrected chi connectivity index (χ0v) is 26.5. The van der Waals surface area contributed by atoms with Crippen molar-refractivity contribution in [3.63, 3.8) is 0 Å². The third kappa shape index (κ3) is 5.30. The van der Waals surface area contributed by atoms with E-state index in [9.17, 15) is 8.42 Å². The Morgan fingerprint density at radius 3 is 2.42 bits per heavy atom. The second kappa shape index (κ2) is 11.7. The molecule has 1 aliphatic heterocycles. The summed E-state index contributed by atoms with van der Waals surface area (Å²) in [5, 5.41) is 4.63. The van der Waals surface area contributed by atoms with Crippen molar-refractivity contribution in [3.05, 3.63) is 28.5 Å². The number of quaternary nitrogens is 1. The van der Waals surface area contributed by atoms with Gasteiger partial charge in [0.05, 0.1) is 55.0 Å². The first kappa shape index (κ1) is 30.7. The van der Waals surface area contributed by atoms with Crippen LogP contribution >= 0.6 is 12.2 Å². The number of H-pyrrole nitrogens is 1. The zero-order valence-electron chi connectivity index (χ0n) is 23.3. The van der Waals surface area contributed by atoms with Gasteiger partial charge in [-0.1, -0.05) is 25.6 Å². The summed E-state index contributed by atoms with van der Waals surface area (Å²) in [5.74, 6) is 1.02. The summed E-state index contributed by atoms with van der Waals surface area (Å²) in [6, 6.07) is 5.38. The summed E-state index contributed by atoms with van der Waals surface area (Å²) >= 11 is 5.64. The number of rotatable bonds is 8. The summed E-state index contributed by atoms with van der Waals surface area (Å²) in [4.78, 5) is 8.26. The minimum absolute atomic E-state index is 0. The largest absolute Gasteiger partial charge is 1.00 e. The first-order chi connectivity index (χ1) is 17.5. The molecular weight excluding hydrogens is 588 g/mol. The molecule has 0 spiro atoms. The Morgan fingerprint density at radius 1 is 1.18 bits per heavy atom. The van der Waals surface area contributed by atoms with Gasteiger partial charge >= 0.3 is 0 Å². The van der Waals surface area contributed by atoms with Gasteiger partial charge in [0, 0.05) is 7.05 Å². The molecule has 3 aromatic rings. The Morgan fingerprint density at radius 2 is 1.84 bits per heavy atom. The van der Waals surface area contributed by atoms with Crippen LogP contribution in [0, 0.1) is 4.64 Å². The van der Waals surface area contributed by atoms with Crippen LogP contribution in [0.1, 0.15) is 46.7 Å². The Balaban J connectivity index is 0.00000400. The molecule has 1 fully saturated rings. The van der Waals surface area contributed by atoms with Crippen molar-refractivity contribution in [1.82, 2.24) is 24.1 Å². The molecule has 210 valence electrons. The van der Waals surface area contributed by atoms with Crippen LogP contribution in [0.3, 0.4) is 0 Å². The van der Waals surface area contributed by atoms with E-state index in [2.05, 4.69) is 49.8 Å². The van der Waals surface area contributed by atoms with E-state index in [1.807, 2.05) is 14.0 Å². The van der Waals surface area contributed by atoms with Crippen LogP contribution in [0.5, 0.6) is 5.75 Å². The first-order valence-corrected chi connectivity index (χ1v) is 14.9. The molecule has 0 aliphatic carbocycles. The smallest absolute Gasteiger partial charge is 0.243 e. The van der Waals surface area contributed by atoms with E-state index < -0.39 is 10.0 Å². The third-order valence-corrected chi connectivity index (χ3v) is 10.2. The van der Waals surface area contributed by atoms with Gasteiger partial charge in [0.25, 0.3) is 0 Å². The molecule has 9 nitrogen and oxygen atoms in total. The molecule has 1 unspecified atom stereocenters. The Kier molecular flexibility index (Phi) is 9.45. The predicted molar refractivity (Wildman–Crippen MR) is 149 cm³/mol. The van der Waals surface area contributed by atoms with Gasteiger partial charge < -0.3 is 31.2 Å². The average Bonchev–Trinajstić information content (AvgIpc) is 3.18. The molecule has 38 heavy (non-hydrogen) atoms. The topological polar surface area (TPSA) is 93.1 Å². The van der Waals surface area contributed by atoms with Gasteiger partial charge in [0.1, 0.15) is 29.2 Å². The molecule has 0 amide bonds. The molecule has 3 heterocycles. The van der Waals surface area contributed by atoms with E-state index in [1.165, 1.54) is 0 Å². The number of hydrogen-bond donors (Lipinski definition) is 1. The monoisotopic (exact) mass is 626 g/mol. The van der Waals surface area contributed by atoms with Crippen molar-refractivity contribution in [2.24, 2.45) is 7.05 Å². The second-order valence-electron chi connectivity index (χ2n) is 10.2. The van der Waals surface area contributed by atoms with Gasteiger partial charge in [0.15, 0.2) is 4.64 Å². The first-order valence-electron chi connectivity index (χ1n) is 13.1. The third-order valence-electron chi connectivity index (χ3n) is 8.04. The highest BCUT2D eigenvalue weighted by Gasteiger charge is 2.44. The van der Waals surface area contributed by atoms with Gasteiger partial charge in [-0.2, -0.15) is 9.40 Å². The van der Waals surface area contributed by atoms with Crippen LogP contribution in [0.15, 0.2) is 23.1 Å². The van der Waals surface area contributed by atoms with Gasteiger partial charge in [-0.05, 0) is 52.3 Å². The highest BCUT2D eigenvalue weighted by Crippen LogP contribution is 2.34. The van der Waals surface area contributed by atoms with Gasteiger partial charge in [-0.15, -0.1) is 0 Å². The van der Waals surface area contributed by atoms with Crippen molar-refractivity contribution < 1.29 is 34.6 Å². The number of nitrogens with one attached hydrogen (secondary N) is 1. The fourth-order valence-electron chi connectivity index (χ4n) is 5.37. The van der Waals surface area contributed by atoms with Crippen LogP contribution in [0.25, 0.3) is 22.4 Å². The van der Waals surface area contributed by atoms with E-state index >= 15 is 0 Å². The van der Waals surface area contributed by atoms with Crippen LogP contribution in [-0.2, 0) is 23.5 Å². The Bertz CT molecular complexity index is 1460. The Labute approximate surface area is 241 Å². The minimum Gasteiger partial charge on any atom is -1.00 e. The van der Waals surface area contributed by atoms with Crippen molar-refractivity contribution in [2.75, 3.05) is 33.3 Å². The lowest BCUT2D eigenvalue weighted by atomic mass is 10.1. The van der Waals surface area contributed by atoms with E-state index in [0.29, 0.717) is 41.5 Å². The quantitative estimate of drug-likeness (QED) is 0.299. The average molecular weight is 628 g/mol. The molecule has 1 N–H and O–H groups in total. The maximum absolute atomic E-state index is 13.9. The lowest BCUT2D eigenvalue weighted by molar-refractivity contribution is -0.955. The van der Waals surface area contributed by atoms with Crippen LogP contribution in [0.4, 0.5) is 0 Å². The minimum atomic E-state index is -3.73. The number of aryl methyl sites for hydroxylation is 2. The fourth-order valence-corrected chi connectivity index (χ4v) is 7.33. The molecule has 4 rings (SSSR count). The van der Waals surface area contributed by atoms with E-state index in [1.54, 1.807) is 27.2 Å². The Hall–Kier alpha value is -1.86. The van der Waals surface area contributed by atoms with Crippen molar-refractivity contribution in [1.29, 1.82) is 0 Å². The van der Waals surface area contributed by atoms with Crippen LogP contribution < -0.4 is 21.7 Å². The highest BCUT2D eigenvalue weighted by molar-refractivity contribution is 7.89. The summed E-state index contributed by atoms with van der Waals surface area (Å²) in [6.07, 6.45) is 1.73. The van der Waals surface area contributed by atoms with Gasteiger partial charge in [-0.25, -0.2) is 13.4 Å². The molecule has 0 saturated carbocycles. The number of nitrogens with zero attached hydrogens (tertiary/aromatic N) is 5. The number of likely N-dealkylation sites (N-methyl/N-ethyl adjacent to an activating group) is 1. The van der Waals surface area contributed by atoms with Gasteiger partial charge in [-0.3, -0.25) is 4.68 Å². The number of sulfonamides is 1. The summed E-state index contributed by atoms with van der Waals surface area (Å²) < 4.78 is 38.3. The van der Waals surface area contributed by atoms with Crippen molar-refractivity contribution >= 4 is 33.3 Å². The zero-order chi connectivity index (χ0) is 27.1. The van der Waals surface area contributed by atoms with E-state index in [0.717, 1.165) is 40.6 Å².